The highest BCUT2D eigenvalue weighted by molar-refractivity contribution is 7.89. The molecular weight excluding hydrogens is 398 g/mol. The summed E-state index contributed by atoms with van der Waals surface area (Å²) in [7, 11) is -3.61. The lowest BCUT2D eigenvalue weighted by atomic mass is 9.87. The van der Waals surface area contributed by atoms with Crippen LogP contribution in [0.2, 0.25) is 0 Å². The van der Waals surface area contributed by atoms with E-state index in [-0.39, 0.29) is 22.8 Å². The van der Waals surface area contributed by atoms with E-state index in [1.807, 2.05) is 18.2 Å². The zero-order chi connectivity index (χ0) is 21.1. The van der Waals surface area contributed by atoms with Gasteiger partial charge in [0, 0.05) is 19.0 Å². The lowest BCUT2D eigenvalue weighted by Crippen LogP contribution is -2.44. The van der Waals surface area contributed by atoms with E-state index >= 15 is 0 Å². The highest BCUT2D eigenvalue weighted by Crippen LogP contribution is 2.31. The summed E-state index contributed by atoms with van der Waals surface area (Å²) < 4.78 is 27.2. The number of sulfonamides is 1. The zero-order valence-electron chi connectivity index (χ0n) is 16.8. The second-order valence-electron chi connectivity index (χ2n) is 7.97. The number of nitriles is 1. The number of piperidine rings is 1. The summed E-state index contributed by atoms with van der Waals surface area (Å²) in [6.45, 7) is 0.642. The Balaban J connectivity index is 1.37. The van der Waals surface area contributed by atoms with Crippen LogP contribution in [-0.4, -0.2) is 31.7 Å². The minimum absolute atomic E-state index is 0.0205. The predicted molar refractivity (Wildman–Crippen MR) is 113 cm³/mol. The van der Waals surface area contributed by atoms with Crippen LogP contribution in [-0.2, 0) is 21.2 Å². The number of hydrogen-bond donors (Lipinski definition) is 1. The molecule has 1 aliphatic carbocycles. The Morgan fingerprint density at radius 3 is 2.43 bits per heavy atom. The number of nitrogens with zero attached hydrogens (tertiary/aromatic N) is 2. The topological polar surface area (TPSA) is 90.3 Å². The molecule has 1 N–H and O–H groups in total. The van der Waals surface area contributed by atoms with E-state index < -0.39 is 10.0 Å². The number of rotatable bonds is 4. The summed E-state index contributed by atoms with van der Waals surface area (Å²) in [6.07, 6.45) is 4.07. The summed E-state index contributed by atoms with van der Waals surface area (Å²) in [5.74, 6) is -0.154. The molecule has 2 aliphatic rings. The minimum atomic E-state index is -3.61. The molecule has 6 nitrogen and oxygen atoms in total. The molecule has 30 heavy (non-hydrogen) atoms. The van der Waals surface area contributed by atoms with Crippen LogP contribution in [0.5, 0.6) is 0 Å². The molecule has 0 saturated carbocycles. The van der Waals surface area contributed by atoms with E-state index in [0.717, 1.165) is 19.3 Å². The summed E-state index contributed by atoms with van der Waals surface area (Å²) >= 11 is 0. The summed E-state index contributed by atoms with van der Waals surface area (Å²) in [6, 6.07) is 16.2. The largest absolute Gasteiger partial charge is 0.349 e. The third kappa shape index (κ3) is 4.11. The van der Waals surface area contributed by atoms with Crippen molar-refractivity contribution in [1.82, 2.24) is 9.62 Å². The fourth-order valence-corrected chi connectivity index (χ4v) is 5.87. The Bertz CT molecular complexity index is 1070. The van der Waals surface area contributed by atoms with Gasteiger partial charge in [-0.05, 0) is 67.5 Å². The molecule has 0 spiro atoms. The quantitative estimate of drug-likeness (QED) is 0.818. The highest BCUT2D eigenvalue weighted by atomic mass is 32.2. The lowest BCUT2D eigenvalue weighted by Gasteiger charge is -2.32. The standard InChI is InChI=1S/C23H25N3O3S/c24-16-17-8-10-20(11-9-17)30(28,29)26-14-12-19(13-15-26)23(27)25-22-7-3-5-18-4-1-2-6-21(18)22/h1-2,4,6,8-11,19,22H,3,5,7,12-15H2,(H,25,27). The lowest BCUT2D eigenvalue weighted by molar-refractivity contribution is -0.127. The fourth-order valence-electron chi connectivity index (χ4n) is 4.40. The number of hydrogen-bond acceptors (Lipinski definition) is 4. The number of carbonyl (C=O) groups excluding carboxylic acids is 1. The average Bonchev–Trinajstić information content (AvgIpc) is 2.79. The number of aryl methyl sites for hydroxylation is 1. The maximum atomic E-state index is 12.9. The van der Waals surface area contributed by atoms with Crippen molar-refractivity contribution in [2.75, 3.05) is 13.1 Å². The fraction of sp³-hybridized carbons (Fsp3) is 0.391. The molecule has 1 atom stereocenters. The van der Waals surface area contributed by atoms with Crippen LogP contribution in [0.25, 0.3) is 0 Å². The number of benzene rings is 2. The number of amides is 1. The van der Waals surface area contributed by atoms with Crippen molar-refractivity contribution in [1.29, 1.82) is 5.26 Å². The summed E-state index contributed by atoms with van der Waals surface area (Å²) in [5.41, 5.74) is 2.93. The molecule has 1 aliphatic heterocycles. The molecular formula is C23H25N3O3S. The molecule has 0 aromatic heterocycles. The van der Waals surface area contributed by atoms with E-state index in [0.29, 0.717) is 31.5 Å². The second-order valence-corrected chi connectivity index (χ2v) is 9.90. The Labute approximate surface area is 177 Å². The molecule has 1 fully saturated rings. The molecule has 0 radical (unpaired) electrons. The maximum absolute atomic E-state index is 12.9. The van der Waals surface area contributed by atoms with Gasteiger partial charge < -0.3 is 5.32 Å². The van der Waals surface area contributed by atoms with Crippen LogP contribution >= 0.6 is 0 Å². The first-order chi connectivity index (χ1) is 14.5. The van der Waals surface area contributed by atoms with Crippen LogP contribution in [0.1, 0.15) is 48.4 Å². The van der Waals surface area contributed by atoms with Gasteiger partial charge in [-0.15, -0.1) is 0 Å². The van der Waals surface area contributed by atoms with Gasteiger partial charge in [0.05, 0.1) is 22.6 Å². The molecule has 1 heterocycles. The van der Waals surface area contributed by atoms with E-state index in [9.17, 15) is 13.2 Å². The van der Waals surface area contributed by atoms with Gasteiger partial charge in [-0.25, -0.2) is 8.42 Å². The van der Waals surface area contributed by atoms with Crippen molar-refractivity contribution in [2.24, 2.45) is 5.92 Å². The van der Waals surface area contributed by atoms with Crippen molar-refractivity contribution >= 4 is 15.9 Å². The highest BCUT2D eigenvalue weighted by Gasteiger charge is 2.33. The van der Waals surface area contributed by atoms with Crippen molar-refractivity contribution in [3.8, 4) is 6.07 Å². The van der Waals surface area contributed by atoms with Crippen LogP contribution in [0, 0.1) is 17.2 Å². The van der Waals surface area contributed by atoms with Crippen molar-refractivity contribution in [2.45, 2.75) is 43.0 Å². The van der Waals surface area contributed by atoms with Gasteiger partial charge in [0.1, 0.15) is 0 Å². The first kappa shape index (κ1) is 20.6. The molecule has 7 heteroatoms. The summed E-state index contributed by atoms with van der Waals surface area (Å²) in [4.78, 5) is 13.0. The first-order valence-corrected chi connectivity index (χ1v) is 11.8. The van der Waals surface area contributed by atoms with Crippen molar-refractivity contribution in [3.05, 3.63) is 65.2 Å². The molecule has 4 rings (SSSR count). The molecule has 1 saturated heterocycles. The van der Waals surface area contributed by atoms with Crippen LogP contribution in [0.3, 0.4) is 0 Å². The average molecular weight is 424 g/mol. The van der Waals surface area contributed by atoms with Gasteiger partial charge in [0.25, 0.3) is 0 Å². The van der Waals surface area contributed by atoms with Crippen LogP contribution < -0.4 is 5.32 Å². The third-order valence-electron chi connectivity index (χ3n) is 6.13. The monoisotopic (exact) mass is 423 g/mol. The zero-order valence-corrected chi connectivity index (χ0v) is 17.6. The minimum Gasteiger partial charge on any atom is -0.349 e. The van der Waals surface area contributed by atoms with E-state index in [2.05, 4.69) is 17.4 Å². The van der Waals surface area contributed by atoms with Gasteiger partial charge in [-0.3, -0.25) is 4.79 Å². The van der Waals surface area contributed by atoms with E-state index in [1.165, 1.54) is 39.7 Å². The smallest absolute Gasteiger partial charge is 0.243 e. The van der Waals surface area contributed by atoms with Crippen LogP contribution in [0.4, 0.5) is 0 Å². The molecule has 1 amide bonds. The normalized spacial score (nSPS) is 20.2. The first-order valence-electron chi connectivity index (χ1n) is 10.4. The molecule has 156 valence electrons. The van der Waals surface area contributed by atoms with Crippen molar-refractivity contribution in [3.63, 3.8) is 0 Å². The molecule has 2 aromatic carbocycles. The van der Waals surface area contributed by atoms with Gasteiger partial charge in [-0.1, -0.05) is 24.3 Å². The van der Waals surface area contributed by atoms with E-state index in [4.69, 9.17) is 5.26 Å². The van der Waals surface area contributed by atoms with Gasteiger partial charge in [0.2, 0.25) is 15.9 Å². The SMILES string of the molecule is N#Cc1ccc(S(=O)(=O)N2CCC(C(=O)NC3CCCc4ccccc43)CC2)cc1. The van der Waals surface area contributed by atoms with Crippen molar-refractivity contribution < 1.29 is 13.2 Å². The third-order valence-corrected chi connectivity index (χ3v) is 8.04. The Kier molecular flexibility index (Phi) is 5.89. The van der Waals surface area contributed by atoms with Gasteiger partial charge in [-0.2, -0.15) is 9.57 Å². The Hall–Kier alpha value is -2.69. The Morgan fingerprint density at radius 2 is 1.73 bits per heavy atom. The van der Waals surface area contributed by atoms with Gasteiger partial charge >= 0.3 is 0 Å². The second kappa shape index (κ2) is 8.58. The number of fused-ring (bicyclic) bond motifs is 1. The molecule has 0 bridgehead atoms. The number of nitrogens with one attached hydrogen (secondary N) is 1. The molecule has 1 unspecified atom stereocenters. The van der Waals surface area contributed by atoms with E-state index in [1.54, 1.807) is 0 Å². The maximum Gasteiger partial charge on any atom is 0.243 e. The van der Waals surface area contributed by atoms with Gasteiger partial charge in [0.15, 0.2) is 0 Å². The summed E-state index contributed by atoms with van der Waals surface area (Å²) in [5, 5.41) is 12.1. The Morgan fingerprint density at radius 1 is 1.03 bits per heavy atom. The molecule has 2 aromatic rings. The predicted octanol–water partition coefficient (Wildman–Crippen LogP) is 3.15. The van der Waals surface area contributed by atoms with Crippen LogP contribution in [0.15, 0.2) is 53.4 Å². The number of carbonyl (C=O) groups is 1.